The number of benzene rings is 1. The highest BCUT2D eigenvalue weighted by molar-refractivity contribution is 7.99. The van der Waals surface area contributed by atoms with Gasteiger partial charge >= 0.3 is 0 Å². The van der Waals surface area contributed by atoms with Crippen LogP contribution in [0.25, 0.3) is 0 Å². The predicted molar refractivity (Wildman–Crippen MR) is 145 cm³/mol. The number of aromatic nitrogens is 3. The first-order valence-corrected chi connectivity index (χ1v) is 14.1. The van der Waals surface area contributed by atoms with E-state index in [4.69, 9.17) is 4.74 Å². The fourth-order valence-electron chi connectivity index (χ4n) is 4.62. The van der Waals surface area contributed by atoms with E-state index in [0.717, 1.165) is 47.1 Å². The van der Waals surface area contributed by atoms with Crippen LogP contribution < -0.4 is 10.1 Å². The van der Waals surface area contributed by atoms with E-state index >= 15 is 0 Å². The average molecular weight is 524 g/mol. The molecular weight excluding hydrogens is 490 g/mol. The molecule has 2 aromatic heterocycles. The third-order valence-corrected chi connectivity index (χ3v) is 8.95. The number of ether oxygens (including phenoxy) is 1. The molecule has 36 heavy (non-hydrogen) atoms. The first-order valence-electron chi connectivity index (χ1n) is 12.3. The number of anilines is 1. The van der Waals surface area contributed by atoms with Gasteiger partial charge in [0.05, 0.1) is 18.4 Å². The van der Waals surface area contributed by atoms with Crippen LogP contribution >= 0.6 is 23.1 Å². The number of rotatable bonds is 8. The van der Waals surface area contributed by atoms with Crippen LogP contribution in [0.1, 0.15) is 61.5 Å². The van der Waals surface area contributed by atoms with Crippen molar-refractivity contribution >= 4 is 34.0 Å². The molecule has 0 aliphatic heterocycles. The van der Waals surface area contributed by atoms with Crippen LogP contribution in [0.15, 0.2) is 29.4 Å². The van der Waals surface area contributed by atoms with Gasteiger partial charge in [-0.1, -0.05) is 44.7 Å². The predicted octanol–water partition coefficient (Wildman–Crippen LogP) is 5.71. The summed E-state index contributed by atoms with van der Waals surface area (Å²) in [7, 11) is 1.65. The largest absolute Gasteiger partial charge is 0.497 e. The van der Waals surface area contributed by atoms with E-state index in [1.807, 2.05) is 35.8 Å². The number of fused-ring (bicyclic) bond motifs is 1. The zero-order valence-electron chi connectivity index (χ0n) is 21.6. The second kappa shape index (κ2) is 11.1. The fourth-order valence-corrected chi connectivity index (χ4v) is 6.74. The number of amides is 1. The summed E-state index contributed by atoms with van der Waals surface area (Å²) in [6.45, 7) is 9.59. The van der Waals surface area contributed by atoms with E-state index in [-0.39, 0.29) is 17.1 Å². The van der Waals surface area contributed by atoms with Gasteiger partial charge < -0.3 is 14.6 Å². The molecule has 1 unspecified atom stereocenters. The summed E-state index contributed by atoms with van der Waals surface area (Å²) in [6, 6.07) is 10.2. The third-order valence-electron chi connectivity index (χ3n) is 6.82. The average Bonchev–Trinajstić information content (AvgIpc) is 3.41. The lowest BCUT2D eigenvalue weighted by molar-refractivity contribution is -0.113. The van der Waals surface area contributed by atoms with Crippen molar-refractivity contribution in [3.05, 3.63) is 51.7 Å². The van der Waals surface area contributed by atoms with Crippen molar-refractivity contribution in [2.24, 2.45) is 11.3 Å². The normalized spacial score (nSPS) is 15.3. The van der Waals surface area contributed by atoms with Crippen LogP contribution in [-0.4, -0.2) is 33.5 Å². The molecule has 0 spiro atoms. The van der Waals surface area contributed by atoms with Crippen molar-refractivity contribution in [2.75, 3.05) is 18.2 Å². The third kappa shape index (κ3) is 5.76. The molecule has 0 saturated carbocycles. The van der Waals surface area contributed by atoms with Crippen molar-refractivity contribution < 1.29 is 9.53 Å². The van der Waals surface area contributed by atoms with Gasteiger partial charge in [-0.2, -0.15) is 5.26 Å². The Morgan fingerprint density at radius 3 is 2.69 bits per heavy atom. The SMILES string of the molecule is CCn1c(Cc2ccc(OC)cc2)nnc1SCC(=O)Nc1sc2c(c1C#N)CCC(C(C)(C)C)C2. The van der Waals surface area contributed by atoms with Gasteiger partial charge in [-0.3, -0.25) is 4.79 Å². The van der Waals surface area contributed by atoms with Crippen LogP contribution in [0.4, 0.5) is 5.00 Å². The maximum Gasteiger partial charge on any atom is 0.235 e. The second-order valence-electron chi connectivity index (χ2n) is 10.1. The molecule has 9 heteroatoms. The zero-order valence-corrected chi connectivity index (χ0v) is 23.2. The number of thiophene rings is 1. The van der Waals surface area contributed by atoms with E-state index in [2.05, 4.69) is 42.4 Å². The lowest BCUT2D eigenvalue weighted by atomic mass is 9.72. The summed E-state index contributed by atoms with van der Waals surface area (Å²) in [5.74, 6) is 2.33. The smallest absolute Gasteiger partial charge is 0.235 e. The molecule has 7 nitrogen and oxygen atoms in total. The van der Waals surface area contributed by atoms with Gasteiger partial charge in [0, 0.05) is 17.8 Å². The molecular formula is C27H33N5O2S2. The van der Waals surface area contributed by atoms with Gasteiger partial charge in [-0.05, 0) is 60.8 Å². The molecule has 1 aliphatic carbocycles. The van der Waals surface area contributed by atoms with E-state index in [1.165, 1.54) is 16.6 Å². The van der Waals surface area contributed by atoms with E-state index in [9.17, 15) is 10.1 Å². The molecule has 0 saturated heterocycles. The summed E-state index contributed by atoms with van der Waals surface area (Å²) in [5.41, 5.74) is 3.11. The Hall–Kier alpha value is -2.83. The molecule has 2 heterocycles. The number of thioether (sulfide) groups is 1. The van der Waals surface area contributed by atoms with Crippen LogP contribution in [0.5, 0.6) is 5.75 Å². The van der Waals surface area contributed by atoms with Gasteiger partial charge in [-0.25, -0.2) is 0 Å². The molecule has 0 bridgehead atoms. The quantitative estimate of drug-likeness (QED) is 0.380. The highest BCUT2D eigenvalue weighted by Crippen LogP contribution is 2.44. The van der Waals surface area contributed by atoms with Crippen molar-refractivity contribution in [3.63, 3.8) is 0 Å². The fraction of sp³-hybridized carbons (Fsp3) is 0.481. The molecule has 1 aromatic carbocycles. The van der Waals surface area contributed by atoms with E-state index in [1.54, 1.807) is 18.4 Å². The Kier molecular flexibility index (Phi) is 8.06. The minimum absolute atomic E-state index is 0.134. The maximum absolute atomic E-state index is 12.8. The van der Waals surface area contributed by atoms with Crippen molar-refractivity contribution in [3.8, 4) is 11.8 Å². The first-order chi connectivity index (χ1) is 17.2. The Balaban J connectivity index is 1.40. The van der Waals surface area contributed by atoms with Gasteiger partial charge in [-0.15, -0.1) is 21.5 Å². The molecule has 1 atom stereocenters. The number of nitriles is 1. The number of hydrogen-bond acceptors (Lipinski definition) is 7. The Morgan fingerprint density at radius 2 is 2.06 bits per heavy atom. The molecule has 0 radical (unpaired) electrons. The number of methoxy groups -OCH3 is 1. The molecule has 190 valence electrons. The van der Waals surface area contributed by atoms with Crippen molar-refractivity contribution in [1.82, 2.24) is 14.8 Å². The Bertz CT molecular complexity index is 1270. The lowest BCUT2D eigenvalue weighted by Gasteiger charge is -2.33. The van der Waals surface area contributed by atoms with Gasteiger partial charge in [0.25, 0.3) is 0 Å². The number of carbonyl (C=O) groups excluding carboxylic acids is 1. The summed E-state index contributed by atoms with van der Waals surface area (Å²) < 4.78 is 7.27. The number of nitrogens with zero attached hydrogens (tertiary/aromatic N) is 4. The molecule has 4 rings (SSSR count). The van der Waals surface area contributed by atoms with E-state index < -0.39 is 0 Å². The van der Waals surface area contributed by atoms with E-state index in [0.29, 0.717) is 29.4 Å². The van der Waals surface area contributed by atoms with Crippen LogP contribution in [-0.2, 0) is 30.6 Å². The first kappa shape index (κ1) is 26.2. The standard InChI is InChI=1S/C27H33N5O2S2/c1-6-32-23(13-17-7-10-19(34-5)11-8-17)30-31-26(32)35-16-24(33)29-25-21(15-28)20-12-9-18(27(2,3)4)14-22(20)36-25/h7-8,10-11,18H,6,9,12-14,16H2,1-5H3,(H,29,33). The molecule has 1 amide bonds. The monoisotopic (exact) mass is 523 g/mol. The highest BCUT2D eigenvalue weighted by atomic mass is 32.2. The summed E-state index contributed by atoms with van der Waals surface area (Å²) in [4.78, 5) is 14.1. The summed E-state index contributed by atoms with van der Waals surface area (Å²) in [5, 5.41) is 22.9. The van der Waals surface area contributed by atoms with Gasteiger partial charge in [0.2, 0.25) is 5.91 Å². The highest BCUT2D eigenvalue weighted by Gasteiger charge is 2.32. The summed E-state index contributed by atoms with van der Waals surface area (Å²) >= 11 is 2.93. The molecule has 1 aliphatic rings. The van der Waals surface area contributed by atoms with Crippen molar-refractivity contribution in [2.45, 2.75) is 65.1 Å². The number of carbonyl (C=O) groups is 1. The molecule has 1 N–H and O–H groups in total. The van der Waals surface area contributed by atoms with Crippen LogP contribution in [0.2, 0.25) is 0 Å². The van der Waals surface area contributed by atoms with Gasteiger partial charge in [0.1, 0.15) is 22.6 Å². The van der Waals surface area contributed by atoms with Gasteiger partial charge in [0.15, 0.2) is 5.16 Å². The van der Waals surface area contributed by atoms with Crippen molar-refractivity contribution in [1.29, 1.82) is 5.26 Å². The minimum Gasteiger partial charge on any atom is -0.497 e. The maximum atomic E-state index is 12.8. The topological polar surface area (TPSA) is 92.8 Å². The number of hydrogen-bond donors (Lipinski definition) is 1. The molecule has 0 fully saturated rings. The molecule has 3 aromatic rings. The lowest BCUT2D eigenvalue weighted by Crippen LogP contribution is -2.26. The second-order valence-corrected chi connectivity index (χ2v) is 12.2. The number of nitrogens with one attached hydrogen (secondary N) is 1. The van der Waals surface area contributed by atoms with Crippen LogP contribution in [0, 0.1) is 22.7 Å². The Morgan fingerprint density at radius 1 is 1.31 bits per heavy atom. The minimum atomic E-state index is -0.134. The Labute approximate surface area is 221 Å². The zero-order chi connectivity index (χ0) is 25.9. The summed E-state index contributed by atoms with van der Waals surface area (Å²) in [6.07, 6.45) is 3.60. The van der Waals surface area contributed by atoms with Crippen LogP contribution in [0.3, 0.4) is 0 Å².